The van der Waals surface area contributed by atoms with Crippen LogP contribution < -0.4 is 5.43 Å². The minimum atomic E-state index is 0.786. The summed E-state index contributed by atoms with van der Waals surface area (Å²) in [5.74, 6) is 0. The van der Waals surface area contributed by atoms with Crippen molar-refractivity contribution in [2.24, 2.45) is 5.10 Å². The van der Waals surface area contributed by atoms with Crippen molar-refractivity contribution < 1.29 is 0 Å². The quantitative estimate of drug-likeness (QED) is 0.651. The molecule has 0 aromatic heterocycles. The molecule has 0 saturated heterocycles. The van der Waals surface area contributed by atoms with E-state index in [1.54, 1.807) is 6.20 Å². The van der Waals surface area contributed by atoms with Crippen molar-refractivity contribution in [1.82, 2.24) is 5.43 Å². The van der Waals surface area contributed by atoms with E-state index < -0.39 is 0 Å². The number of nitrogens with one attached hydrogen (secondary N) is 1. The van der Waals surface area contributed by atoms with E-state index in [9.17, 15) is 0 Å². The molecule has 2 nitrogen and oxygen atoms in total. The summed E-state index contributed by atoms with van der Waals surface area (Å²) in [5, 5.41) is 4.21. The van der Waals surface area contributed by atoms with Crippen LogP contribution in [0, 0.1) is 0 Å². The lowest BCUT2D eigenvalue weighted by molar-refractivity contribution is 0.962. The Morgan fingerprint density at radius 3 is 2.77 bits per heavy atom. The molecule has 1 aliphatic heterocycles. The Hall–Kier alpha value is -1.57. The van der Waals surface area contributed by atoms with Crippen molar-refractivity contribution in [3.05, 3.63) is 49.2 Å². The molecule has 0 amide bonds. The van der Waals surface area contributed by atoms with Gasteiger partial charge in [-0.25, -0.2) is 0 Å². The molecule has 0 unspecified atom stereocenters. The van der Waals surface area contributed by atoms with Crippen LogP contribution in [-0.4, -0.2) is 5.71 Å². The lowest BCUT2D eigenvalue weighted by atomic mass is 10.0. The zero-order valence-corrected chi connectivity index (χ0v) is 7.66. The van der Waals surface area contributed by atoms with Crippen molar-refractivity contribution in [2.75, 3.05) is 0 Å². The Bertz CT molecular complexity index is 282. The minimum absolute atomic E-state index is 0.786. The molecule has 0 bridgehead atoms. The molecule has 1 aliphatic rings. The van der Waals surface area contributed by atoms with E-state index in [0.717, 1.165) is 18.6 Å². The van der Waals surface area contributed by atoms with E-state index in [0.29, 0.717) is 0 Å². The van der Waals surface area contributed by atoms with E-state index in [4.69, 9.17) is 0 Å². The first-order valence-corrected chi connectivity index (χ1v) is 4.28. The topological polar surface area (TPSA) is 24.4 Å². The van der Waals surface area contributed by atoms with Gasteiger partial charge in [0.25, 0.3) is 0 Å². The summed E-state index contributed by atoms with van der Waals surface area (Å²) in [6.45, 7) is 7.41. The molecule has 0 fully saturated rings. The molecule has 0 saturated carbocycles. The van der Waals surface area contributed by atoms with Gasteiger partial charge in [-0.15, -0.1) is 13.2 Å². The third kappa shape index (κ3) is 2.75. The summed E-state index contributed by atoms with van der Waals surface area (Å²) in [4.78, 5) is 0. The molecule has 2 heteroatoms. The van der Waals surface area contributed by atoms with Crippen LogP contribution in [0.3, 0.4) is 0 Å². The van der Waals surface area contributed by atoms with Crippen LogP contribution in [0.15, 0.2) is 54.3 Å². The van der Waals surface area contributed by atoms with Crippen molar-refractivity contribution in [1.29, 1.82) is 0 Å². The second-order valence-corrected chi connectivity index (χ2v) is 2.72. The molecule has 0 aromatic carbocycles. The third-order valence-corrected chi connectivity index (χ3v) is 1.74. The maximum atomic E-state index is 4.21. The van der Waals surface area contributed by atoms with Gasteiger partial charge in [0.2, 0.25) is 0 Å². The van der Waals surface area contributed by atoms with Gasteiger partial charge in [-0.2, -0.15) is 5.10 Å². The van der Waals surface area contributed by atoms with Crippen molar-refractivity contribution in [3.63, 3.8) is 0 Å². The Balaban J connectivity index is 2.82. The van der Waals surface area contributed by atoms with Crippen LogP contribution in [0.5, 0.6) is 0 Å². The fourth-order valence-electron chi connectivity index (χ4n) is 1.15. The zero-order valence-electron chi connectivity index (χ0n) is 7.66. The third-order valence-electron chi connectivity index (χ3n) is 1.74. The van der Waals surface area contributed by atoms with Crippen LogP contribution >= 0.6 is 0 Å². The number of hydrogen-bond donors (Lipinski definition) is 1. The molecular formula is C11H14N2. The van der Waals surface area contributed by atoms with Gasteiger partial charge < -0.3 is 0 Å². The first kappa shape index (κ1) is 9.52. The van der Waals surface area contributed by atoms with Gasteiger partial charge in [0, 0.05) is 12.6 Å². The molecule has 68 valence electrons. The summed E-state index contributed by atoms with van der Waals surface area (Å²) < 4.78 is 0. The number of rotatable bonds is 4. The Labute approximate surface area is 79.0 Å². The second-order valence-electron chi connectivity index (χ2n) is 2.72. The Morgan fingerprint density at radius 2 is 2.08 bits per heavy atom. The summed E-state index contributed by atoms with van der Waals surface area (Å²) in [7, 11) is 0. The maximum Gasteiger partial charge on any atom is 0.0679 e. The van der Waals surface area contributed by atoms with Gasteiger partial charge in [0.15, 0.2) is 0 Å². The second kappa shape index (κ2) is 5.14. The molecular weight excluding hydrogens is 160 g/mol. The standard InChI is InChI=1S/C11H14N2/c1-3-6-10-8-5-9-12-13-11(10)7-4-2/h3-5,8-9,12H,1-2,6-7H2. The largest absolute Gasteiger partial charge is 0.286 e. The highest BCUT2D eigenvalue weighted by Crippen LogP contribution is 2.10. The van der Waals surface area contributed by atoms with Crippen LogP contribution in [0.25, 0.3) is 0 Å². The minimum Gasteiger partial charge on any atom is -0.286 e. The highest BCUT2D eigenvalue weighted by atomic mass is 15.3. The first-order valence-electron chi connectivity index (χ1n) is 4.28. The van der Waals surface area contributed by atoms with Gasteiger partial charge in [0.05, 0.1) is 5.71 Å². The molecule has 1 N–H and O–H groups in total. The summed E-state index contributed by atoms with van der Waals surface area (Å²) in [6.07, 6.45) is 11.2. The SMILES string of the molecule is C=CCC1=CC=CNN=C1CC=C. The molecule has 0 atom stereocenters. The van der Waals surface area contributed by atoms with E-state index in [1.165, 1.54) is 5.57 Å². The highest BCUT2D eigenvalue weighted by molar-refractivity contribution is 6.01. The zero-order chi connectivity index (χ0) is 9.52. The van der Waals surface area contributed by atoms with Crippen LogP contribution in [-0.2, 0) is 0 Å². The van der Waals surface area contributed by atoms with E-state index >= 15 is 0 Å². The molecule has 0 radical (unpaired) electrons. The molecule has 1 rings (SSSR count). The van der Waals surface area contributed by atoms with E-state index in [1.807, 2.05) is 24.3 Å². The van der Waals surface area contributed by atoms with Gasteiger partial charge in [-0.05, 0) is 18.1 Å². The summed E-state index contributed by atoms with van der Waals surface area (Å²) in [5.41, 5.74) is 5.06. The molecule has 1 heterocycles. The van der Waals surface area contributed by atoms with Gasteiger partial charge in [-0.3, -0.25) is 5.43 Å². The first-order chi connectivity index (χ1) is 6.38. The number of allylic oxidation sites excluding steroid dienone is 5. The summed E-state index contributed by atoms with van der Waals surface area (Å²) >= 11 is 0. The van der Waals surface area contributed by atoms with Crippen LogP contribution in [0.1, 0.15) is 12.8 Å². The highest BCUT2D eigenvalue weighted by Gasteiger charge is 2.04. The van der Waals surface area contributed by atoms with Crippen molar-refractivity contribution in [3.8, 4) is 0 Å². The van der Waals surface area contributed by atoms with E-state index in [-0.39, 0.29) is 0 Å². The van der Waals surface area contributed by atoms with Crippen molar-refractivity contribution in [2.45, 2.75) is 12.8 Å². The normalized spacial score (nSPS) is 15.1. The molecule has 0 aliphatic carbocycles. The maximum absolute atomic E-state index is 4.21. The van der Waals surface area contributed by atoms with Gasteiger partial charge >= 0.3 is 0 Å². The number of nitrogens with zero attached hydrogens (tertiary/aromatic N) is 1. The van der Waals surface area contributed by atoms with Gasteiger partial charge in [0.1, 0.15) is 0 Å². The average Bonchev–Trinajstić information content (AvgIpc) is 2.33. The Morgan fingerprint density at radius 1 is 1.31 bits per heavy atom. The van der Waals surface area contributed by atoms with Gasteiger partial charge in [-0.1, -0.05) is 18.2 Å². The fraction of sp³-hybridized carbons (Fsp3) is 0.182. The number of hydrogen-bond acceptors (Lipinski definition) is 2. The van der Waals surface area contributed by atoms with E-state index in [2.05, 4.69) is 23.7 Å². The summed E-state index contributed by atoms with van der Waals surface area (Å²) in [6, 6.07) is 0. The smallest absolute Gasteiger partial charge is 0.0679 e. The lowest BCUT2D eigenvalue weighted by Crippen LogP contribution is -2.05. The predicted molar refractivity (Wildman–Crippen MR) is 57.4 cm³/mol. The van der Waals surface area contributed by atoms with Crippen LogP contribution in [0.2, 0.25) is 0 Å². The van der Waals surface area contributed by atoms with Crippen molar-refractivity contribution >= 4 is 5.71 Å². The molecule has 0 aromatic rings. The monoisotopic (exact) mass is 174 g/mol. The fourth-order valence-corrected chi connectivity index (χ4v) is 1.15. The number of hydrazone groups is 1. The molecule has 0 spiro atoms. The van der Waals surface area contributed by atoms with Crippen LogP contribution in [0.4, 0.5) is 0 Å². The molecule has 13 heavy (non-hydrogen) atoms. The Kier molecular flexibility index (Phi) is 3.76. The lowest BCUT2D eigenvalue weighted by Gasteiger charge is -2.04. The average molecular weight is 174 g/mol. The predicted octanol–water partition coefficient (Wildman–Crippen LogP) is 2.54.